The minimum absolute atomic E-state index is 0.678. The van der Waals surface area contributed by atoms with E-state index in [9.17, 15) is 4.55 Å². The summed E-state index contributed by atoms with van der Waals surface area (Å²) >= 11 is 5.23. The zero-order valence-corrected chi connectivity index (χ0v) is 22.7. The average molecular weight is 521 g/mol. The molecule has 3 aromatic rings. The molecule has 1 atom stereocenters. The molecule has 3 nitrogen and oxygen atoms in total. The molecule has 1 fully saturated rings. The lowest BCUT2D eigenvalue weighted by molar-refractivity contribution is 0.175. The summed E-state index contributed by atoms with van der Waals surface area (Å²) in [6, 6.07) is 25.5. The molecule has 2 aliphatic heterocycles. The van der Waals surface area contributed by atoms with E-state index in [0.29, 0.717) is 5.92 Å². The highest BCUT2D eigenvalue weighted by Gasteiger charge is 2.23. The van der Waals surface area contributed by atoms with Crippen LogP contribution in [0.1, 0.15) is 41.5 Å². The predicted octanol–water partition coefficient (Wildman–Crippen LogP) is 6.35. The van der Waals surface area contributed by atoms with Crippen molar-refractivity contribution in [1.82, 2.24) is 9.80 Å². The third-order valence-corrected chi connectivity index (χ3v) is 9.42. The molecular formula is C31H37ClN2OS. The van der Waals surface area contributed by atoms with Crippen molar-refractivity contribution in [3.05, 3.63) is 100 Å². The molecule has 0 aromatic heterocycles. The van der Waals surface area contributed by atoms with Crippen molar-refractivity contribution in [3.63, 3.8) is 0 Å². The van der Waals surface area contributed by atoms with Crippen LogP contribution in [0, 0.1) is 5.92 Å². The molecule has 2 heterocycles. The standard InChI is InChI=1S/C31H37ClN2OS/c32-30-8-4-7-27(21-30)24-33-16-11-25(12-17-33)15-20-36(35)31-10-9-28-13-18-34(19-14-29(28)22-31)23-26-5-2-1-3-6-26/h1-10,21-22,25H,11-20,23-24H2. The van der Waals surface area contributed by atoms with Gasteiger partial charge in [-0.25, -0.2) is 0 Å². The van der Waals surface area contributed by atoms with Gasteiger partial charge in [0.1, 0.15) is 5.75 Å². The van der Waals surface area contributed by atoms with Crippen molar-refractivity contribution in [2.45, 2.75) is 50.1 Å². The number of rotatable bonds is 8. The second-order valence-corrected chi connectivity index (χ2v) is 12.4. The number of hydrogen-bond acceptors (Lipinski definition) is 3. The van der Waals surface area contributed by atoms with Gasteiger partial charge in [0.2, 0.25) is 0 Å². The average Bonchev–Trinajstić information content (AvgIpc) is 3.10. The Morgan fingerprint density at radius 3 is 2.22 bits per heavy atom. The lowest BCUT2D eigenvalue weighted by atomic mass is 9.94. The molecule has 0 spiro atoms. The minimum atomic E-state index is -0.914. The molecule has 1 saturated heterocycles. The Balaban J connectivity index is 1.08. The number of hydrogen-bond donors (Lipinski definition) is 0. The number of halogens is 1. The highest BCUT2D eigenvalue weighted by Crippen LogP contribution is 2.26. The van der Waals surface area contributed by atoms with E-state index in [1.54, 1.807) is 0 Å². The quantitative estimate of drug-likeness (QED) is 0.324. The maximum atomic E-state index is 13.2. The Morgan fingerprint density at radius 2 is 1.44 bits per heavy atom. The van der Waals surface area contributed by atoms with Gasteiger partial charge in [0.15, 0.2) is 4.90 Å². The smallest absolute Gasteiger partial charge is 0.152 e. The van der Waals surface area contributed by atoms with Crippen molar-refractivity contribution >= 4 is 22.8 Å². The molecule has 5 rings (SSSR count). The maximum absolute atomic E-state index is 13.2. The molecule has 0 amide bonds. The summed E-state index contributed by atoms with van der Waals surface area (Å²) in [5.74, 6) is 1.45. The summed E-state index contributed by atoms with van der Waals surface area (Å²) in [5.41, 5.74) is 5.48. The molecule has 0 saturated carbocycles. The Labute approximate surface area is 224 Å². The molecule has 2 aliphatic rings. The molecule has 0 radical (unpaired) electrons. The minimum Gasteiger partial charge on any atom is -0.611 e. The van der Waals surface area contributed by atoms with E-state index in [1.165, 1.54) is 35.1 Å². The molecule has 5 heteroatoms. The number of nitrogens with zero attached hydrogens (tertiary/aromatic N) is 2. The SMILES string of the molecule is [O-][S+](CCC1CCN(Cc2cccc(Cl)c2)CC1)c1ccc2c(c1)CCN(Cc1ccccc1)CC2. The fourth-order valence-corrected chi connectivity index (χ4v) is 7.10. The summed E-state index contributed by atoms with van der Waals surface area (Å²) < 4.78 is 13.2. The first-order valence-corrected chi connectivity index (χ1v) is 15.1. The van der Waals surface area contributed by atoms with E-state index in [0.717, 1.165) is 74.2 Å². The molecular weight excluding hydrogens is 484 g/mol. The first kappa shape index (κ1) is 25.8. The number of piperidine rings is 1. The van der Waals surface area contributed by atoms with E-state index < -0.39 is 11.2 Å². The van der Waals surface area contributed by atoms with Crippen LogP contribution in [0.3, 0.4) is 0 Å². The van der Waals surface area contributed by atoms with Gasteiger partial charge in [-0.3, -0.25) is 9.80 Å². The van der Waals surface area contributed by atoms with Crippen LogP contribution in [0.4, 0.5) is 0 Å². The zero-order valence-electron chi connectivity index (χ0n) is 21.1. The van der Waals surface area contributed by atoms with Crippen molar-refractivity contribution in [2.24, 2.45) is 5.92 Å². The summed E-state index contributed by atoms with van der Waals surface area (Å²) in [6.07, 6.45) is 5.55. The van der Waals surface area contributed by atoms with Crippen LogP contribution in [0.25, 0.3) is 0 Å². The number of benzene rings is 3. The van der Waals surface area contributed by atoms with Crippen LogP contribution in [0.15, 0.2) is 77.7 Å². The fraction of sp³-hybridized carbons (Fsp3) is 0.419. The van der Waals surface area contributed by atoms with Crippen LogP contribution >= 0.6 is 11.6 Å². The van der Waals surface area contributed by atoms with Gasteiger partial charge in [-0.05, 0) is 109 Å². The van der Waals surface area contributed by atoms with Gasteiger partial charge >= 0.3 is 0 Å². The first-order valence-electron chi connectivity index (χ1n) is 13.4. The third kappa shape index (κ3) is 7.14. The van der Waals surface area contributed by atoms with Gasteiger partial charge in [-0.2, -0.15) is 0 Å². The summed E-state index contributed by atoms with van der Waals surface area (Å²) in [6.45, 7) is 6.35. The van der Waals surface area contributed by atoms with Crippen molar-refractivity contribution in [3.8, 4) is 0 Å². The van der Waals surface area contributed by atoms with Crippen LogP contribution in [-0.2, 0) is 37.1 Å². The molecule has 0 N–H and O–H groups in total. The molecule has 1 unspecified atom stereocenters. The van der Waals surface area contributed by atoms with Crippen molar-refractivity contribution in [1.29, 1.82) is 0 Å². The largest absolute Gasteiger partial charge is 0.611 e. The first-order chi connectivity index (χ1) is 17.6. The molecule has 3 aromatic carbocycles. The van der Waals surface area contributed by atoms with Crippen molar-refractivity contribution < 1.29 is 4.55 Å². The molecule has 190 valence electrons. The van der Waals surface area contributed by atoms with Gasteiger partial charge in [-0.15, -0.1) is 0 Å². The van der Waals surface area contributed by atoms with E-state index in [2.05, 4.69) is 70.5 Å². The molecule has 0 bridgehead atoms. The summed E-state index contributed by atoms with van der Waals surface area (Å²) in [5, 5.41) is 0.812. The van der Waals surface area contributed by atoms with E-state index in [-0.39, 0.29) is 0 Å². The Hall–Kier alpha value is -1.82. The highest BCUT2D eigenvalue weighted by molar-refractivity contribution is 7.91. The van der Waals surface area contributed by atoms with Crippen molar-refractivity contribution in [2.75, 3.05) is 31.9 Å². The number of likely N-dealkylation sites (tertiary alicyclic amines) is 1. The van der Waals surface area contributed by atoms with Crippen LogP contribution < -0.4 is 0 Å². The van der Waals surface area contributed by atoms with Gasteiger partial charge in [0, 0.05) is 31.2 Å². The Kier molecular flexibility index (Phi) is 9.05. The maximum Gasteiger partial charge on any atom is 0.152 e. The topological polar surface area (TPSA) is 29.5 Å². The van der Waals surface area contributed by atoms with Gasteiger partial charge in [-0.1, -0.05) is 60.1 Å². The summed E-state index contributed by atoms with van der Waals surface area (Å²) in [4.78, 5) is 6.08. The predicted molar refractivity (Wildman–Crippen MR) is 151 cm³/mol. The van der Waals surface area contributed by atoms with Gasteiger partial charge in [0.25, 0.3) is 0 Å². The Morgan fingerprint density at radius 1 is 0.750 bits per heavy atom. The third-order valence-electron chi connectivity index (χ3n) is 7.80. The second kappa shape index (κ2) is 12.6. The normalized spacial score (nSPS) is 18.5. The lowest BCUT2D eigenvalue weighted by Crippen LogP contribution is -2.33. The summed E-state index contributed by atoms with van der Waals surface area (Å²) in [7, 11) is 0. The molecule has 0 aliphatic carbocycles. The monoisotopic (exact) mass is 520 g/mol. The fourth-order valence-electron chi connectivity index (χ4n) is 5.61. The van der Waals surface area contributed by atoms with E-state index in [4.69, 9.17) is 11.6 Å². The van der Waals surface area contributed by atoms with E-state index in [1.807, 2.05) is 12.1 Å². The van der Waals surface area contributed by atoms with Gasteiger partial charge in [0.05, 0.1) is 0 Å². The Bertz CT molecular complexity index is 1120. The molecule has 36 heavy (non-hydrogen) atoms. The second-order valence-electron chi connectivity index (χ2n) is 10.4. The lowest BCUT2D eigenvalue weighted by Gasteiger charge is -2.32. The van der Waals surface area contributed by atoms with Crippen LogP contribution in [-0.4, -0.2) is 46.3 Å². The number of fused-ring (bicyclic) bond motifs is 1. The van der Waals surface area contributed by atoms with Crippen LogP contribution in [0.2, 0.25) is 5.02 Å². The van der Waals surface area contributed by atoms with Crippen LogP contribution in [0.5, 0.6) is 0 Å². The zero-order chi connectivity index (χ0) is 24.7. The van der Waals surface area contributed by atoms with Gasteiger partial charge < -0.3 is 4.55 Å². The highest BCUT2D eigenvalue weighted by atomic mass is 35.5. The van der Waals surface area contributed by atoms with E-state index >= 15 is 0 Å².